The van der Waals surface area contributed by atoms with Crippen LogP contribution in [0.25, 0.3) is 0 Å². The van der Waals surface area contributed by atoms with E-state index in [0.717, 1.165) is 24.5 Å². The van der Waals surface area contributed by atoms with Gasteiger partial charge in [-0.05, 0) is 6.92 Å². The molecular formula is C7H12N2O. The van der Waals surface area contributed by atoms with Crippen molar-refractivity contribution in [2.45, 2.75) is 20.3 Å². The Hall–Kier alpha value is -0.990. The Morgan fingerprint density at radius 1 is 1.60 bits per heavy atom. The minimum Gasteiger partial charge on any atom is -0.368 e. The monoisotopic (exact) mass is 140 g/mol. The van der Waals surface area contributed by atoms with Crippen molar-refractivity contribution in [2.24, 2.45) is 0 Å². The Bertz CT molecular complexity index is 195. The van der Waals surface area contributed by atoms with Gasteiger partial charge in [0, 0.05) is 19.0 Å². The quantitative estimate of drug-likeness (QED) is 0.694. The van der Waals surface area contributed by atoms with E-state index in [2.05, 4.69) is 10.5 Å². The van der Waals surface area contributed by atoms with Gasteiger partial charge in [0.25, 0.3) is 0 Å². The van der Waals surface area contributed by atoms with Crippen LogP contribution in [0.15, 0.2) is 10.6 Å². The lowest BCUT2D eigenvalue weighted by atomic mass is 10.3. The van der Waals surface area contributed by atoms with E-state index in [4.69, 9.17) is 4.52 Å². The molecule has 0 spiro atoms. The molecule has 0 atom stereocenters. The highest BCUT2D eigenvalue weighted by atomic mass is 16.5. The summed E-state index contributed by atoms with van der Waals surface area (Å²) in [6, 6.07) is 1.92. The van der Waals surface area contributed by atoms with Gasteiger partial charge in [-0.3, -0.25) is 0 Å². The Labute approximate surface area is 60.4 Å². The number of aromatic nitrogens is 1. The third kappa shape index (κ3) is 1.50. The van der Waals surface area contributed by atoms with E-state index >= 15 is 0 Å². The smallest absolute Gasteiger partial charge is 0.169 e. The number of hydrogen-bond donors (Lipinski definition) is 1. The molecule has 1 N–H and O–H groups in total. The van der Waals surface area contributed by atoms with E-state index in [1.807, 2.05) is 19.9 Å². The molecule has 0 aliphatic rings. The van der Waals surface area contributed by atoms with Crippen molar-refractivity contribution in [3.05, 3.63) is 11.8 Å². The zero-order chi connectivity index (χ0) is 7.40. The second-order valence-electron chi connectivity index (χ2n) is 2.06. The molecule has 0 radical (unpaired) electrons. The number of anilines is 1. The highest BCUT2D eigenvalue weighted by Crippen LogP contribution is 2.07. The normalized spacial score (nSPS) is 9.80. The largest absolute Gasteiger partial charge is 0.368 e. The second-order valence-corrected chi connectivity index (χ2v) is 2.06. The lowest BCUT2D eigenvalue weighted by molar-refractivity contribution is 0.389. The maximum absolute atomic E-state index is 4.95. The van der Waals surface area contributed by atoms with Crippen LogP contribution in [0.1, 0.15) is 19.6 Å². The number of aryl methyl sites for hydroxylation is 1. The fourth-order valence-corrected chi connectivity index (χ4v) is 0.744. The summed E-state index contributed by atoms with van der Waals surface area (Å²) in [4.78, 5) is 0. The SMILES string of the molecule is CCNc1cc(CC)on1. The van der Waals surface area contributed by atoms with Gasteiger partial charge in [-0.2, -0.15) is 0 Å². The topological polar surface area (TPSA) is 38.1 Å². The maximum atomic E-state index is 4.95. The predicted octanol–water partition coefficient (Wildman–Crippen LogP) is 1.67. The number of nitrogens with one attached hydrogen (secondary N) is 1. The van der Waals surface area contributed by atoms with Gasteiger partial charge < -0.3 is 9.84 Å². The highest BCUT2D eigenvalue weighted by molar-refractivity contribution is 5.33. The summed E-state index contributed by atoms with van der Waals surface area (Å²) in [6.07, 6.45) is 0.901. The van der Waals surface area contributed by atoms with Gasteiger partial charge in [-0.25, -0.2) is 0 Å². The fraction of sp³-hybridized carbons (Fsp3) is 0.571. The Morgan fingerprint density at radius 2 is 2.40 bits per heavy atom. The summed E-state index contributed by atoms with van der Waals surface area (Å²) >= 11 is 0. The molecule has 1 heterocycles. The molecule has 1 aromatic heterocycles. The van der Waals surface area contributed by atoms with Crippen LogP contribution < -0.4 is 5.32 Å². The van der Waals surface area contributed by atoms with Gasteiger partial charge in [0.1, 0.15) is 5.76 Å². The Morgan fingerprint density at radius 3 is 2.90 bits per heavy atom. The lowest BCUT2D eigenvalue weighted by Crippen LogP contribution is -1.95. The van der Waals surface area contributed by atoms with Crippen LogP contribution in [0.4, 0.5) is 5.82 Å². The molecule has 0 amide bonds. The summed E-state index contributed by atoms with van der Waals surface area (Å²) in [7, 11) is 0. The molecule has 56 valence electrons. The summed E-state index contributed by atoms with van der Waals surface area (Å²) in [5, 5.41) is 6.85. The van der Waals surface area contributed by atoms with Crippen molar-refractivity contribution >= 4 is 5.82 Å². The minimum absolute atomic E-state index is 0.833. The highest BCUT2D eigenvalue weighted by Gasteiger charge is 1.98. The van der Waals surface area contributed by atoms with Crippen LogP contribution in [-0.2, 0) is 6.42 Å². The average molecular weight is 140 g/mol. The molecule has 3 nitrogen and oxygen atoms in total. The molecule has 0 bridgehead atoms. The van der Waals surface area contributed by atoms with Crippen molar-refractivity contribution in [1.29, 1.82) is 0 Å². The van der Waals surface area contributed by atoms with Crippen molar-refractivity contribution < 1.29 is 4.52 Å². The minimum atomic E-state index is 0.833. The first-order valence-electron chi connectivity index (χ1n) is 3.56. The van der Waals surface area contributed by atoms with Crippen LogP contribution in [0.2, 0.25) is 0 Å². The molecule has 1 rings (SSSR count). The van der Waals surface area contributed by atoms with Crippen LogP contribution in [0, 0.1) is 0 Å². The van der Waals surface area contributed by atoms with Gasteiger partial charge in [-0.15, -0.1) is 0 Å². The van der Waals surface area contributed by atoms with Crippen molar-refractivity contribution in [1.82, 2.24) is 5.16 Å². The molecule has 0 aliphatic heterocycles. The van der Waals surface area contributed by atoms with Gasteiger partial charge in [0.05, 0.1) is 0 Å². The fourth-order valence-electron chi connectivity index (χ4n) is 0.744. The van der Waals surface area contributed by atoms with Crippen molar-refractivity contribution in [3.8, 4) is 0 Å². The van der Waals surface area contributed by atoms with Crippen LogP contribution in [-0.4, -0.2) is 11.7 Å². The molecular weight excluding hydrogens is 128 g/mol. The van der Waals surface area contributed by atoms with Gasteiger partial charge in [0.2, 0.25) is 0 Å². The van der Waals surface area contributed by atoms with Gasteiger partial charge in [0.15, 0.2) is 5.82 Å². The Kier molecular flexibility index (Phi) is 2.31. The lowest BCUT2D eigenvalue weighted by Gasteiger charge is -1.90. The van der Waals surface area contributed by atoms with Gasteiger partial charge >= 0.3 is 0 Å². The number of nitrogens with zero attached hydrogens (tertiary/aromatic N) is 1. The summed E-state index contributed by atoms with van der Waals surface area (Å²) in [5.41, 5.74) is 0. The molecule has 0 aromatic carbocycles. The zero-order valence-corrected chi connectivity index (χ0v) is 6.35. The average Bonchev–Trinajstić information content (AvgIpc) is 2.37. The molecule has 10 heavy (non-hydrogen) atoms. The van der Waals surface area contributed by atoms with E-state index in [9.17, 15) is 0 Å². The van der Waals surface area contributed by atoms with E-state index in [1.165, 1.54) is 0 Å². The molecule has 0 saturated heterocycles. The van der Waals surface area contributed by atoms with E-state index < -0.39 is 0 Å². The van der Waals surface area contributed by atoms with Gasteiger partial charge in [-0.1, -0.05) is 12.1 Å². The van der Waals surface area contributed by atoms with Crippen LogP contribution >= 0.6 is 0 Å². The summed E-state index contributed by atoms with van der Waals surface area (Å²) in [6.45, 7) is 4.95. The van der Waals surface area contributed by atoms with Crippen molar-refractivity contribution in [3.63, 3.8) is 0 Å². The predicted molar refractivity (Wildman–Crippen MR) is 40.0 cm³/mol. The van der Waals surface area contributed by atoms with E-state index in [1.54, 1.807) is 0 Å². The first-order valence-corrected chi connectivity index (χ1v) is 3.56. The van der Waals surface area contributed by atoms with Crippen LogP contribution in [0.3, 0.4) is 0 Å². The molecule has 0 aliphatic carbocycles. The van der Waals surface area contributed by atoms with Crippen molar-refractivity contribution in [2.75, 3.05) is 11.9 Å². The molecule has 0 saturated carbocycles. The van der Waals surface area contributed by atoms with E-state index in [0.29, 0.717) is 0 Å². The molecule has 1 aromatic rings. The zero-order valence-electron chi connectivity index (χ0n) is 6.35. The third-order valence-electron chi connectivity index (χ3n) is 1.27. The molecule has 3 heteroatoms. The maximum Gasteiger partial charge on any atom is 0.169 e. The first-order chi connectivity index (χ1) is 4.86. The number of hydrogen-bond acceptors (Lipinski definition) is 3. The Balaban J connectivity index is 2.59. The summed E-state index contributed by atoms with van der Waals surface area (Å²) in [5.74, 6) is 1.76. The second kappa shape index (κ2) is 3.25. The van der Waals surface area contributed by atoms with Crippen LogP contribution in [0.5, 0.6) is 0 Å². The summed E-state index contributed by atoms with van der Waals surface area (Å²) < 4.78 is 4.95. The standard InChI is InChI=1S/C7H12N2O/c1-3-6-5-7(8-4-2)9-10-6/h5H,3-4H2,1-2H3,(H,8,9). The van der Waals surface area contributed by atoms with E-state index in [-0.39, 0.29) is 0 Å². The third-order valence-corrected chi connectivity index (χ3v) is 1.27. The molecule has 0 fully saturated rings. The molecule has 0 unspecified atom stereocenters. The number of rotatable bonds is 3. The first kappa shape index (κ1) is 7.12.